The van der Waals surface area contributed by atoms with Gasteiger partial charge in [-0.15, -0.1) is 0 Å². The Morgan fingerprint density at radius 3 is 1.19 bits per heavy atom. The van der Waals surface area contributed by atoms with Crippen LogP contribution in [0.15, 0.2) is 41.3 Å². The van der Waals surface area contributed by atoms with Gasteiger partial charge in [-0.1, -0.05) is 11.8 Å². The van der Waals surface area contributed by atoms with Crippen LogP contribution in [0, 0.1) is 81.4 Å². The number of aliphatic hydroxyl groups excluding tert-OH is 4. The summed E-state index contributed by atoms with van der Waals surface area (Å²) in [6.45, 7) is -0.983. The van der Waals surface area contributed by atoms with Gasteiger partial charge < -0.3 is 40.1 Å². The highest BCUT2D eigenvalue weighted by molar-refractivity contribution is 7.99. The highest BCUT2D eigenvalue weighted by Crippen LogP contribution is 2.45. The van der Waals surface area contributed by atoms with Gasteiger partial charge in [-0.3, -0.25) is 0 Å². The summed E-state index contributed by atoms with van der Waals surface area (Å²) in [5.41, 5.74) is -13.6. The number of thioether (sulfide) groups is 1. The molecule has 0 aliphatic carbocycles. The molecular weight excluding hydrogens is 951 g/mol. The molecule has 3 aromatic carbocycles. The number of hydrogen-bond donors (Lipinski definition) is 7. The van der Waals surface area contributed by atoms with Gasteiger partial charge in [0.05, 0.1) is 45.1 Å². The SMILES string of the molecule is OC[C@H]1O[C@@H](Sc2c(F)c(F)c(-c3c4nc(c5ccc([nH]5)c(-c5c(F)c(F)c(F)c(F)c5F)c5ccc([nH]5)c(-c5c(F)c(F)c(F)c(F)c5F)c5ccc3[nH]5)C=C4)c(F)c2F)[C@H](O)[C@@H](O)[C@@H]1O. The Balaban J connectivity index is 1.40. The van der Waals surface area contributed by atoms with E-state index in [9.17, 15) is 46.8 Å². The molecule has 2 aliphatic rings. The van der Waals surface area contributed by atoms with Crippen LogP contribution in [-0.4, -0.2) is 76.8 Å². The predicted molar refractivity (Wildman–Crippen MR) is 211 cm³/mol. The first-order chi connectivity index (χ1) is 31.8. The van der Waals surface area contributed by atoms with E-state index in [-0.39, 0.29) is 23.0 Å². The molecule has 8 bridgehead atoms. The topological polar surface area (TPSA) is 150 Å². The second kappa shape index (κ2) is 16.7. The average Bonchev–Trinajstić information content (AvgIpc) is 4.17. The number of ether oxygens (including phenoxy) is 1. The van der Waals surface area contributed by atoms with Crippen molar-refractivity contribution in [1.29, 1.82) is 0 Å². The molecule has 4 aromatic heterocycles. The van der Waals surface area contributed by atoms with Crippen LogP contribution < -0.4 is 0 Å². The molecule has 0 unspecified atom stereocenters. The molecule has 9 nitrogen and oxygen atoms in total. The highest BCUT2D eigenvalue weighted by atomic mass is 32.2. The van der Waals surface area contributed by atoms with Gasteiger partial charge in [0.2, 0.25) is 11.6 Å². The summed E-state index contributed by atoms with van der Waals surface area (Å²) in [6.07, 6.45) is -5.61. The lowest BCUT2D eigenvalue weighted by molar-refractivity contribution is -0.205. The van der Waals surface area contributed by atoms with Crippen molar-refractivity contribution in [3.05, 3.63) is 129 Å². The number of rotatable bonds is 6. The minimum atomic E-state index is -2.61. The largest absolute Gasteiger partial charge is 0.394 e. The van der Waals surface area contributed by atoms with Gasteiger partial charge in [0, 0.05) is 44.3 Å². The van der Waals surface area contributed by atoms with Crippen LogP contribution in [0.25, 0.3) is 78.6 Å². The molecule has 348 valence electrons. The van der Waals surface area contributed by atoms with Crippen LogP contribution in [0.3, 0.4) is 0 Å². The summed E-state index contributed by atoms with van der Waals surface area (Å²) in [7, 11) is 0. The zero-order valence-corrected chi connectivity index (χ0v) is 33.4. The number of hydrogen-bond acceptors (Lipinski definition) is 7. The first-order valence-electron chi connectivity index (χ1n) is 19.0. The third-order valence-electron chi connectivity index (χ3n) is 11.1. The fourth-order valence-corrected chi connectivity index (χ4v) is 8.93. The minimum absolute atomic E-state index is 0.144. The van der Waals surface area contributed by atoms with Gasteiger partial charge in [-0.05, 0) is 48.6 Å². The molecule has 0 amide bonds. The Morgan fingerprint density at radius 1 is 0.418 bits per heavy atom. The normalized spacial score (nSPS) is 19.0. The zero-order valence-electron chi connectivity index (χ0n) is 32.6. The molecule has 24 heteroatoms. The van der Waals surface area contributed by atoms with E-state index in [4.69, 9.17) is 4.74 Å². The van der Waals surface area contributed by atoms with Gasteiger partial charge in [-0.2, -0.15) is 0 Å². The second-order valence-electron chi connectivity index (χ2n) is 14.9. The number of nitrogens with one attached hydrogen (secondary N) is 3. The molecule has 0 radical (unpaired) electrons. The first-order valence-corrected chi connectivity index (χ1v) is 19.9. The predicted octanol–water partition coefficient (Wildman–Crippen LogP) is 9.54. The van der Waals surface area contributed by atoms with E-state index >= 15 is 35.1 Å². The maximum absolute atomic E-state index is 16.6. The first kappa shape index (κ1) is 45.7. The van der Waals surface area contributed by atoms with Crippen molar-refractivity contribution in [1.82, 2.24) is 19.9 Å². The number of nitrogens with zero attached hydrogens (tertiary/aromatic N) is 1. The van der Waals surface area contributed by atoms with Gasteiger partial charge in [-0.25, -0.2) is 66.4 Å². The van der Waals surface area contributed by atoms with E-state index in [2.05, 4.69) is 19.9 Å². The summed E-state index contributed by atoms with van der Waals surface area (Å²) in [5.74, 6) is -33.2. The summed E-state index contributed by atoms with van der Waals surface area (Å²) >= 11 is -0.184. The fourth-order valence-electron chi connectivity index (χ4n) is 7.81. The van der Waals surface area contributed by atoms with Crippen LogP contribution in [0.4, 0.5) is 61.5 Å². The molecule has 1 fully saturated rings. The minimum Gasteiger partial charge on any atom is -0.394 e. The van der Waals surface area contributed by atoms with Gasteiger partial charge in [0.1, 0.15) is 29.9 Å². The van der Waals surface area contributed by atoms with Gasteiger partial charge >= 0.3 is 0 Å². The number of H-pyrrole nitrogens is 3. The van der Waals surface area contributed by atoms with Gasteiger partial charge in [0.15, 0.2) is 69.8 Å². The molecule has 7 aromatic rings. The quantitative estimate of drug-likeness (QED) is 0.0499. The number of aromatic amines is 3. The smallest absolute Gasteiger partial charge is 0.200 e. The van der Waals surface area contributed by atoms with Crippen molar-refractivity contribution < 1.29 is 86.6 Å². The molecular formula is C43H22F14N4O5S. The number of fused-ring (bicyclic) bond motifs is 9. The van der Waals surface area contributed by atoms with Crippen molar-refractivity contribution >= 4 is 57.0 Å². The Morgan fingerprint density at radius 2 is 0.761 bits per heavy atom. The number of benzene rings is 3. The molecule has 67 heavy (non-hydrogen) atoms. The van der Waals surface area contributed by atoms with Crippen molar-refractivity contribution in [2.45, 2.75) is 34.7 Å². The van der Waals surface area contributed by atoms with E-state index in [1.165, 1.54) is 0 Å². The van der Waals surface area contributed by atoms with Crippen LogP contribution in [0.1, 0.15) is 11.4 Å². The molecule has 0 spiro atoms. The Labute approximate surface area is 367 Å². The molecule has 0 saturated carbocycles. The summed E-state index contributed by atoms with van der Waals surface area (Å²) < 4.78 is 222. The van der Waals surface area contributed by atoms with E-state index < -0.39 is 189 Å². The maximum atomic E-state index is 16.6. The van der Waals surface area contributed by atoms with Gasteiger partial charge in [0.25, 0.3) is 0 Å². The van der Waals surface area contributed by atoms with Crippen LogP contribution in [0.2, 0.25) is 0 Å². The van der Waals surface area contributed by atoms with E-state index in [1.807, 2.05) is 0 Å². The number of aromatic nitrogens is 4. The molecule has 1 saturated heterocycles. The molecule has 7 N–H and O–H groups in total. The molecule has 5 atom stereocenters. The van der Waals surface area contributed by atoms with Crippen molar-refractivity contribution in [3.8, 4) is 33.4 Å². The number of aliphatic hydroxyl groups is 4. The highest BCUT2D eigenvalue weighted by Gasteiger charge is 2.45. The third-order valence-corrected chi connectivity index (χ3v) is 12.3. The lowest BCUT2D eigenvalue weighted by Gasteiger charge is -2.39. The van der Waals surface area contributed by atoms with Crippen molar-refractivity contribution in [2.24, 2.45) is 0 Å². The molecule has 9 rings (SSSR count). The lowest BCUT2D eigenvalue weighted by atomic mass is 10.0. The molecule has 2 aliphatic heterocycles. The Bertz CT molecular complexity index is 3320. The second-order valence-corrected chi connectivity index (χ2v) is 16.0. The average molecular weight is 973 g/mol. The zero-order chi connectivity index (χ0) is 48.2. The van der Waals surface area contributed by atoms with Crippen LogP contribution in [0.5, 0.6) is 0 Å². The standard InChI is InChI=1S/C43H22F14N4O5S/c44-25-22(26(45)32(51)35(54)31(25)50)19-12-3-1-10(58-12)11-2-4-13(59-11)20(24-29(48)37(56)42(38(57)30(24)49)67-43-41(65)40(64)39(63)18(9-62)66-43)15-6-8-17(61-15)21(16-7-5-14(19)60-16)23-27(46)33(52)36(55)34(53)28(23)47/h1-8,18,39-41,43,58,60-65H,9H2/t18-,39-,40+,41-,43+/m1/s1. The summed E-state index contributed by atoms with van der Waals surface area (Å²) in [6, 6.07) is 5.63. The number of halogens is 14. The van der Waals surface area contributed by atoms with Crippen LogP contribution in [-0.2, 0) is 4.74 Å². The fraction of sp³-hybridized carbons (Fsp3) is 0.140. The van der Waals surface area contributed by atoms with E-state index in [0.717, 1.165) is 48.6 Å². The lowest BCUT2D eigenvalue weighted by Crippen LogP contribution is -2.57. The van der Waals surface area contributed by atoms with E-state index in [1.54, 1.807) is 0 Å². The maximum Gasteiger partial charge on any atom is 0.200 e. The summed E-state index contributed by atoms with van der Waals surface area (Å²) in [4.78, 5) is 10.4. The Kier molecular flexibility index (Phi) is 11.4. The molecule has 6 heterocycles. The summed E-state index contributed by atoms with van der Waals surface area (Å²) in [5, 5.41) is 40.3. The monoisotopic (exact) mass is 972 g/mol. The van der Waals surface area contributed by atoms with Crippen molar-refractivity contribution in [3.63, 3.8) is 0 Å². The van der Waals surface area contributed by atoms with Crippen LogP contribution >= 0.6 is 11.8 Å². The van der Waals surface area contributed by atoms with E-state index in [0.29, 0.717) is 0 Å². The van der Waals surface area contributed by atoms with Crippen molar-refractivity contribution in [2.75, 3.05) is 6.61 Å². The Hall–Kier alpha value is -6.44. The third kappa shape index (κ3) is 7.03.